The number of ether oxygens (including phenoxy) is 2. The SMILES string of the molecule is CCC(Br)C(=O)c1ccc(OCc2ccccc2)c(OCc2ccccc2)c1Cl. The van der Waals surface area contributed by atoms with Crippen LogP contribution in [-0.4, -0.2) is 10.6 Å². The normalized spacial score (nSPS) is 11.7. The van der Waals surface area contributed by atoms with Gasteiger partial charge in [0.1, 0.15) is 13.2 Å². The Morgan fingerprint density at radius 3 is 2.00 bits per heavy atom. The van der Waals surface area contributed by atoms with E-state index in [0.717, 1.165) is 11.1 Å². The van der Waals surface area contributed by atoms with Crippen LogP contribution < -0.4 is 9.47 Å². The highest BCUT2D eigenvalue weighted by molar-refractivity contribution is 9.10. The molecule has 150 valence electrons. The average molecular weight is 474 g/mol. The molecule has 0 bridgehead atoms. The first-order valence-corrected chi connectivity index (χ1v) is 10.7. The fourth-order valence-electron chi connectivity index (χ4n) is 2.80. The van der Waals surface area contributed by atoms with E-state index < -0.39 is 0 Å². The third-order valence-corrected chi connectivity index (χ3v) is 5.87. The Morgan fingerprint density at radius 1 is 0.897 bits per heavy atom. The van der Waals surface area contributed by atoms with E-state index in [2.05, 4.69) is 15.9 Å². The van der Waals surface area contributed by atoms with E-state index in [1.807, 2.05) is 67.6 Å². The maximum Gasteiger partial charge on any atom is 0.180 e. The summed E-state index contributed by atoms with van der Waals surface area (Å²) in [5.41, 5.74) is 2.45. The Labute approximate surface area is 184 Å². The van der Waals surface area contributed by atoms with Crippen LogP contribution in [0.4, 0.5) is 0 Å². The van der Waals surface area contributed by atoms with Gasteiger partial charge in [0.15, 0.2) is 17.3 Å². The van der Waals surface area contributed by atoms with Gasteiger partial charge in [0, 0.05) is 5.56 Å². The zero-order valence-electron chi connectivity index (χ0n) is 16.1. The Kier molecular flexibility index (Phi) is 7.73. The second-order valence-corrected chi connectivity index (χ2v) is 8.03. The van der Waals surface area contributed by atoms with Crippen LogP contribution in [0.1, 0.15) is 34.8 Å². The molecule has 0 amide bonds. The first kappa shape index (κ1) is 21.4. The fourth-order valence-corrected chi connectivity index (χ4v) is 3.35. The van der Waals surface area contributed by atoms with E-state index in [4.69, 9.17) is 21.1 Å². The summed E-state index contributed by atoms with van der Waals surface area (Å²) in [6, 6.07) is 23.1. The molecule has 0 N–H and O–H groups in total. The average Bonchev–Trinajstić information content (AvgIpc) is 2.77. The van der Waals surface area contributed by atoms with Gasteiger partial charge in [-0.3, -0.25) is 4.79 Å². The lowest BCUT2D eigenvalue weighted by molar-refractivity contribution is 0.0989. The van der Waals surface area contributed by atoms with E-state index in [1.165, 1.54) is 0 Å². The highest BCUT2D eigenvalue weighted by atomic mass is 79.9. The van der Waals surface area contributed by atoms with Crippen molar-refractivity contribution in [3.63, 3.8) is 0 Å². The summed E-state index contributed by atoms with van der Waals surface area (Å²) in [6.45, 7) is 2.64. The van der Waals surface area contributed by atoms with Gasteiger partial charge in [0.25, 0.3) is 0 Å². The second-order valence-electron chi connectivity index (χ2n) is 6.54. The second kappa shape index (κ2) is 10.5. The smallest absolute Gasteiger partial charge is 0.180 e. The summed E-state index contributed by atoms with van der Waals surface area (Å²) < 4.78 is 12.0. The van der Waals surface area contributed by atoms with E-state index in [0.29, 0.717) is 36.7 Å². The Morgan fingerprint density at radius 2 is 1.45 bits per heavy atom. The molecule has 3 aromatic carbocycles. The number of benzene rings is 3. The fraction of sp³-hybridized carbons (Fsp3) is 0.208. The lowest BCUT2D eigenvalue weighted by atomic mass is 10.1. The number of alkyl halides is 1. The molecule has 3 aromatic rings. The van der Waals surface area contributed by atoms with Crippen molar-refractivity contribution in [1.29, 1.82) is 0 Å². The number of rotatable bonds is 9. The van der Waals surface area contributed by atoms with Crippen molar-refractivity contribution in [2.45, 2.75) is 31.4 Å². The molecule has 1 unspecified atom stereocenters. The molecule has 0 aliphatic carbocycles. The number of carbonyl (C=O) groups is 1. The first-order chi connectivity index (χ1) is 14.1. The van der Waals surface area contributed by atoms with E-state index >= 15 is 0 Å². The maximum absolute atomic E-state index is 12.7. The van der Waals surface area contributed by atoms with Crippen LogP contribution >= 0.6 is 27.5 Å². The van der Waals surface area contributed by atoms with Crippen molar-refractivity contribution < 1.29 is 14.3 Å². The minimum Gasteiger partial charge on any atom is -0.485 e. The Balaban J connectivity index is 1.88. The molecule has 0 heterocycles. The highest BCUT2D eigenvalue weighted by Crippen LogP contribution is 2.39. The molecular weight excluding hydrogens is 452 g/mol. The lowest BCUT2D eigenvalue weighted by Crippen LogP contribution is -2.14. The van der Waals surface area contributed by atoms with Crippen molar-refractivity contribution in [3.8, 4) is 11.5 Å². The number of hydrogen-bond acceptors (Lipinski definition) is 3. The summed E-state index contributed by atoms with van der Waals surface area (Å²) in [7, 11) is 0. The number of ketones is 1. The Hall–Kier alpha value is -2.30. The molecule has 0 saturated carbocycles. The van der Waals surface area contributed by atoms with Crippen molar-refractivity contribution in [3.05, 3.63) is 94.5 Å². The van der Waals surface area contributed by atoms with Crippen molar-refractivity contribution in [1.82, 2.24) is 0 Å². The van der Waals surface area contributed by atoms with Gasteiger partial charge in [-0.1, -0.05) is 95.1 Å². The van der Waals surface area contributed by atoms with Crippen molar-refractivity contribution in [2.24, 2.45) is 0 Å². The molecule has 0 aliphatic heterocycles. The minimum atomic E-state index is -0.293. The monoisotopic (exact) mass is 472 g/mol. The molecule has 0 spiro atoms. The van der Waals surface area contributed by atoms with Gasteiger partial charge in [-0.2, -0.15) is 0 Å². The molecule has 29 heavy (non-hydrogen) atoms. The summed E-state index contributed by atoms with van der Waals surface area (Å²) in [6.07, 6.45) is 0.668. The molecule has 0 fully saturated rings. The van der Waals surface area contributed by atoms with Gasteiger partial charge in [-0.05, 0) is 29.7 Å². The van der Waals surface area contributed by atoms with Gasteiger partial charge in [0.2, 0.25) is 0 Å². The molecule has 1 atom stereocenters. The van der Waals surface area contributed by atoms with E-state index in [-0.39, 0.29) is 15.6 Å². The number of hydrogen-bond donors (Lipinski definition) is 0. The highest BCUT2D eigenvalue weighted by Gasteiger charge is 2.23. The largest absolute Gasteiger partial charge is 0.485 e. The summed E-state index contributed by atoms with van der Waals surface area (Å²) in [4.78, 5) is 12.4. The van der Waals surface area contributed by atoms with Gasteiger partial charge >= 0.3 is 0 Å². The van der Waals surface area contributed by atoms with Crippen LogP contribution in [0.3, 0.4) is 0 Å². The third-order valence-electron chi connectivity index (χ3n) is 4.43. The van der Waals surface area contributed by atoms with Crippen LogP contribution in [0.2, 0.25) is 5.02 Å². The zero-order chi connectivity index (χ0) is 20.6. The molecular formula is C24H22BrClO3. The van der Waals surface area contributed by atoms with Gasteiger partial charge in [0.05, 0.1) is 9.85 Å². The maximum atomic E-state index is 12.7. The van der Waals surface area contributed by atoms with Gasteiger partial charge in [-0.15, -0.1) is 0 Å². The van der Waals surface area contributed by atoms with E-state index in [1.54, 1.807) is 12.1 Å². The molecule has 0 saturated heterocycles. The predicted molar refractivity (Wildman–Crippen MR) is 120 cm³/mol. The quantitative estimate of drug-likeness (QED) is 0.252. The van der Waals surface area contributed by atoms with Crippen LogP contribution in [0.5, 0.6) is 11.5 Å². The van der Waals surface area contributed by atoms with Gasteiger partial charge in [-0.25, -0.2) is 0 Å². The molecule has 0 radical (unpaired) electrons. The number of Topliss-reactive ketones (excluding diaryl/α,β-unsaturated/α-hetero) is 1. The zero-order valence-corrected chi connectivity index (χ0v) is 18.4. The number of halogens is 2. The molecule has 3 rings (SSSR count). The van der Waals surface area contributed by atoms with Crippen LogP contribution in [0.15, 0.2) is 72.8 Å². The standard InChI is InChI=1S/C24H22BrClO3/c1-2-20(25)23(27)19-13-14-21(28-15-17-9-5-3-6-10-17)24(22(19)26)29-16-18-11-7-4-8-12-18/h3-14,20H,2,15-16H2,1H3. The lowest BCUT2D eigenvalue weighted by Gasteiger charge is -2.17. The molecule has 5 heteroatoms. The topological polar surface area (TPSA) is 35.5 Å². The minimum absolute atomic E-state index is 0.0725. The van der Waals surface area contributed by atoms with Crippen molar-refractivity contribution in [2.75, 3.05) is 0 Å². The van der Waals surface area contributed by atoms with Gasteiger partial charge < -0.3 is 9.47 Å². The summed E-state index contributed by atoms with van der Waals surface area (Å²) >= 11 is 10.0. The van der Waals surface area contributed by atoms with Crippen molar-refractivity contribution >= 4 is 33.3 Å². The summed E-state index contributed by atoms with van der Waals surface area (Å²) in [5.74, 6) is 0.818. The molecule has 0 aromatic heterocycles. The molecule has 3 nitrogen and oxygen atoms in total. The van der Waals surface area contributed by atoms with E-state index in [9.17, 15) is 4.79 Å². The third kappa shape index (κ3) is 5.62. The predicted octanol–water partition coefficient (Wildman–Crippen LogP) is 6.85. The molecule has 0 aliphatic rings. The first-order valence-electron chi connectivity index (χ1n) is 9.44. The van der Waals surface area contributed by atoms with Crippen LogP contribution in [-0.2, 0) is 13.2 Å². The van der Waals surface area contributed by atoms with Crippen LogP contribution in [0.25, 0.3) is 0 Å². The number of carbonyl (C=O) groups excluding carboxylic acids is 1. The Bertz CT molecular complexity index is 945. The van der Waals surface area contributed by atoms with Crippen LogP contribution in [0, 0.1) is 0 Å². The summed E-state index contributed by atoms with van der Waals surface area (Å²) in [5, 5.41) is 0.273.